The summed E-state index contributed by atoms with van der Waals surface area (Å²) in [6, 6.07) is 9.79. The minimum atomic E-state index is -0.0834. The molecule has 0 aliphatic rings. The van der Waals surface area contributed by atoms with Crippen LogP contribution in [-0.2, 0) is 17.9 Å². The molecule has 2 heterocycles. The van der Waals surface area contributed by atoms with Crippen molar-refractivity contribution in [3.05, 3.63) is 69.0 Å². The number of nitrogens with zero attached hydrogens (tertiary/aromatic N) is 3. The first-order valence-electron chi connectivity index (χ1n) is 7.64. The van der Waals surface area contributed by atoms with Crippen LogP contribution >= 0.6 is 11.3 Å². The van der Waals surface area contributed by atoms with Crippen LogP contribution in [0.2, 0.25) is 0 Å². The van der Waals surface area contributed by atoms with E-state index in [2.05, 4.69) is 10.4 Å². The number of carbonyl (C=O) groups excluding carboxylic acids is 1. The molecule has 6 nitrogen and oxygen atoms in total. The molecule has 0 unspecified atom stereocenters. The van der Waals surface area contributed by atoms with Gasteiger partial charge in [-0.1, -0.05) is 29.5 Å². The highest BCUT2D eigenvalue weighted by atomic mass is 32.1. The molecule has 3 rings (SSSR count). The lowest BCUT2D eigenvalue weighted by Gasteiger charge is -2.05. The standard InChI is InChI=1S/C17H18N4O2S/c1-13-12-24-17(23)20(13)8-7-16(22)18-9-14-10-19-21(11-14)15-5-3-2-4-6-15/h2-6,10-12H,7-9H2,1H3,(H,18,22). The van der Waals surface area contributed by atoms with Crippen LogP contribution in [0.5, 0.6) is 0 Å². The van der Waals surface area contributed by atoms with Crippen molar-refractivity contribution in [2.24, 2.45) is 0 Å². The van der Waals surface area contributed by atoms with Gasteiger partial charge in [-0.3, -0.25) is 9.59 Å². The summed E-state index contributed by atoms with van der Waals surface area (Å²) < 4.78 is 3.40. The molecule has 24 heavy (non-hydrogen) atoms. The van der Waals surface area contributed by atoms with Crippen LogP contribution in [0.15, 0.2) is 52.9 Å². The van der Waals surface area contributed by atoms with Crippen molar-refractivity contribution in [3.63, 3.8) is 0 Å². The van der Waals surface area contributed by atoms with E-state index in [1.54, 1.807) is 20.8 Å². The number of rotatable bonds is 6. The van der Waals surface area contributed by atoms with Crippen LogP contribution in [0.1, 0.15) is 17.7 Å². The monoisotopic (exact) mass is 342 g/mol. The van der Waals surface area contributed by atoms with Gasteiger partial charge in [0.2, 0.25) is 5.91 Å². The molecule has 2 aromatic heterocycles. The highest BCUT2D eigenvalue weighted by Crippen LogP contribution is 2.07. The first kappa shape index (κ1) is 16.2. The van der Waals surface area contributed by atoms with Crippen molar-refractivity contribution >= 4 is 17.2 Å². The first-order chi connectivity index (χ1) is 11.6. The molecule has 1 amide bonds. The maximum atomic E-state index is 12.0. The Morgan fingerprint density at radius 3 is 2.79 bits per heavy atom. The van der Waals surface area contributed by atoms with Gasteiger partial charge in [-0.15, -0.1) is 0 Å². The summed E-state index contributed by atoms with van der Waals surface area (Å²) in [5.74, 6) is -0.0834. The molecule has 0 saturated heterocycles. The minimum Gasteiger partial charge on any atom is -0.352 e. The maximum absolute atomic E-state index is 12.0. The minimum absolute atomic E-state index is 0.0237. The lowest BCUT2D eigenvalue weighted by molar-refractivity contribution is -0.121. The highest BCUT2D eigenvalue weighted by molar-refractivity contribution is 7.07. The van der Waals surface area contributed by atoms with Crippen LogP contribution in [0.3, 0.4) is 0 Å². The lowest BCUT2D eigenvalue weighted by atomic mass is 10.3. The van der Waals surface area contributed by atoms with Crippen LogP contribution in [0.4, 0.5) is 0 Å². The predicted octanol–water partition coefficient (Wildman–Crippen LogP) is 2.11. The summed E-state index contributed by atoms with van der Waals surface area (Å²) in [5.41, 5.74) is 2.79. The van der Waals surface area contributed by atoms with Crippen molar-refractivity contribution in [1.82, 2.24) is 19.7 Å². The number of thiazole rings is 1. The summed E-state index contributed by atoms with van der Waals surface area (Å²) in [6.45, 7) is 2.69. The highest BCUT2D eigenvalue weighted by Gasteiger charge is 2.07. The molecule has 7 heteroatoms. The fourth-order valence-electron chi connectivity index (χ4n) is 2.35. The number of aromatic nitrogens is 3. The predicted molar refractivity (Wildman–Crippen MR) is 93.3 cm³/mol. The molecule has 0 bridgehead atoms. The molecule has 0 saturated carbocycles. The van der Waals surface area contributed by atoms with E-state index >= 15 is 0 Å². The number of carbonyl (C=O) groups is 1. The van der Waals surface area contributed by atoms with Gasteiger partial charge in [0.1, 0.15) is 0 Å². The zero-order valence-electron chi connectivity index (χ0n) is 13.3. The molecule has 0 aliphatic carbocycles. The third-order valence-electron chi connectivity index (χ3n) is 3.69. The maximum Gasteiger partial charge on any atom is 0.307 e. The summed E-state index contributed by atoms with van der Waals surface area (Å²) in [4.78, 5) is 23.5. The smallest absolute Gasteiger partial charge is 0.307 e. The Labute approximate surface area is 143 Å². The lowest BCUT2D eigenvalue weighted by Crippen LogP contribution is -2.25. The number of hydrogen-bond acceptors (Lipinski definition) is 4. The topological polar surface area (TPSA) is 68.9 Å². The first-order valence-corrected chi connectivity index (χ1v) is 8.52. The van der Waals surface area contributed by atoms with Crippen LogP contribution in [0.25, 0.3) is 5.69 Å². The van der Waals surface area contributed by atoms with Gasteiger partial charge in [0.25, 0.3) is 0 Å². The van der Waals surface area contributed by atoms with E-state index in [1.807, 2.05) is 43.5 Å². The SMILES string of the molecule is Cc1csc(=O)n1CCC(=O)NCc1cnn(-c2ccccc2)c1. The van der Waals surface area contributed by atoms with Gasteiger partial charge >= 0.3 is 4.87 Å². The Morgan fingerprint density at radius 2 is 2.08 bits per heavy atom. The van der Waals surface area contributed by atoms with E-state index in [-0.39, 0.29) is 17.2 Å². The number of para-hydroxylation sites is 1. The van der Waals surface area contributed by atoms with Gasteiger partial charge in [-0.25, -0.2) is 4.68 Å². The molecule has 0 aliphatic heterocycles. The fraction of sp³-hybridized carbons (Fsp3) is 0.235. The number of amides is 1. The largest absolute Gasteiger partial charge is 0.352 e. The van der Waals surface area contributed by atoms with E-state index in [9.17, 15) is 9.59 Å². The average Bonchev–Trinajstić information content (AvgIpc) is 3.19. The second kappa shape index (κ2) is 7.27. The van der Waals surface area contributed by atoms with Gasteiger partial charge in [0, 0.05) is 42.3 Å². The van der Waals surface area contributed by atoms with Gasteiger partial charge in [-0.2, -0.15) is 5.10 Å². The molecule has 0 atom stereocenters. The van der Waals surface area contributed by atoms with Gasteiger partial charge < -0.3 is 9.88 Å². The van der Waals surface area contributed by atoms with Crippen LogP contribution in [-0.4, -0.2) is 20.3 Å². The summed E-state index contributed by atoms with van der Waals surface area (Å²) in [6.07, 6.45) is 3.91. The second-order valence-corrected chi connectivity index (χ2v) is 6.27. The molecule has 0 fully saturated rings. The van der Waals surface area contributed by atoms with E-state index in [1.165, 1.54) is 0 Å². The quantitative estimate of drug-likeness (QED) is 0.746. The zero-order chi connectivity index (χ0) is 16.9. The van der Waals surface area contributed by atoms with Crippen LogP contribution in [0, 0.1) is 6.92 Å². The van der Waals surface area contributed by atoms with E-state index < -0.39 is 0 Å². The molecule has 3 aromatic rings. The molecule has 0 radical (unpaired) electrons. The number of aryl methyl sites for hydroxylation is 1. The van der Waals surface area contributed by atoms with Crippen molar-refractivity contribution in [2.45, 2.75) is 26.4 Å². The molecule has 124 valence electrons. The molecule has 1 N–H and O–H groups in total. The van der Waals surface area contributed by atoms with E-state index in [0.717, 1.165) is 28.3 Å². The van der Waals surface area contributed by atoms with Crippen LogP contribution < -0.4 is 10.2 Å². The normalized spacial score (nSPS) is 10.7. The third-order valence-corrected chi connectivity index (χ3v) is 4.57. The van der Waals surface area contributed by atoms with Crippen molar-refractivity contribution in [1.29, 1.82) is 0 Å². The Kier molecular flexibility index (Phi) is 4.90. The van der Waals surface area contributed by atoms with Gasteiger partial charge in [0.05, 0.1) is 11.9 Å². The Morgan fingerprint density at radius 1 is 1.29 bits per heavy atom. The zero-order valence-corrected chi connectivity index (χ0v) is 14.1. The molecule has 1 aromatic carbocycles. The third kappa shape index (κ3) is 3.80. The number of nitrogens with one attached hydrogen (secondary N) is 1. The second-order valence-electron chi connectivity index (χ2n) is 5.45. The Balaban J connectivity index is 1.52. The molecule has 0 spiro atoms. The van der Waals surface area contributed by atoms with Gasteiger partial charge in [-0.05, 0) is 19.1 Å². The van der Waals surface area contributed by atoms with Crippen molar-refractivity contribution in [2.75, 3.05) is 0 Å². The number of hydrogen-bond donors (Lipinski definition) is 1. The Hall–Kier alpha value is -2.67. The Bertz CT molecular complexity index is 879. The summed E-state index contributed by atoms with van der Waals surface area (Å²) >= 11 is 1.16. The summed E-state index contributed by atoms with van der Waals surface area (Å²) in [7, 11) is 0. The molecular weight excluding hydrogens is 324 g/mol. The summed E-state index contributed by atoms with van der Waals surface area (Å²) in [5, 5.41) is 8.96. The van der Waals surface area contributed by atoms with Crippen molar-refractivity contribution in [3.8, 4) is 5.69 Å². The van der Waals surface area contributed by atoms with E-state index in [4.69, 9.17) is 0 Å². The number of benzene rings is 1. The van der Waals surface area contributed by atoms with E-state index in [0.29, 0.717) is 13.1 Å². The van der Waals surface area contributed by atoms with Gasteiger partial charge in [0.15, 0.2) is 0 Å². The average molecular weight is 342 g/mol. The van der Waals surface area contributed by atoms with Crippen molar-refractivity contribution < 1.29 is 4.79 Å². The molecular formula is C17H18N4O2S. The fourth-order valence-corrected chi connectivity index (χ4v) is 3.11.